The van der Waals surface area contributed by atoms with Crippen LogP contribution in [0.3, 0.4) is 0 Å². The van der Waals surface area contributed by atoms with Crippen molar-refractivity contribution in [2.24, 2.45) is 4.99 Å². The number of nitrogens with one attached hydrogen (secondary N) is 1. The summed E-state index contributed by atoms with van der Waals surface area (Å²) in [7, 11) is 1.81. The second kappa shape index (κ2) is 9.24. The molecular formula is C25H24ClN3O. The minimum Gasteiger partial charge on any atom is -0.312 e. The zero-order valence-corrected chi connectivity index (χ0v) is 17.6. The summed E-state index contributed by atoms with van der Waals surface area (Å²) in [5, 5.41) is 4.10. The van der Waals surface area contributed by atoms with Gasteiger partial charge in [-0.05, 0) is 43.1 Å². The molecule has 4 rings (SSSR count). The number of carbonyl (C=O) groups is 1. The molecule has 1 heterocycles. The smallest absolute Gasteiger partial charge is 0.266 e. The molecule has 1 unspecified atom stereocenters. The molecule has 3 aromatic carbocycles. The Morgan fingerprint density at radius 3 is 2.43 bits per heavy atom. The lowest BCUT2D eigenvalue weighted by Gasteiger charge is -2.21. The van der Waals surface area contributed by atoms with Crippen molar-refractivity contribution in [3.8, 4) is 0 Å². The molecule has 0 aromatic heterocycles. The van der Waals surface area contributed by atoms with Gasteiger partial charge in [0.05, 0.1) is 11.4 Å². The van der Waals surface area contributed by atoms with Crippen LogP contribution < -0.4 is 10.2 Å². The van der Waals surface area contributed by atoms with Crippen molar-refractivity contribution in [3.05, 3.63) is 101 Å². The van der Waals surface area contributed by atoms with Crippen molar-refractivity contribution >= 4 is 28.9 Å². The van der Waals surface area contributed by atoms with E-state index in [9.17, 15) is 4.79 Å². The number of halogens is 1. The number of benzene rings is 3. The van der Waals surface area contributed by atoms with Gasteiger partial charge in [-0.2, -0.15) is 0 Å². The largest absolute Gasteiger partial charge is 0.312 e. The van der Waals surface area contributed by atoms with Crippen molar-refractivity contribution in [2.75, 3.05) is 18.5 Å². The molecule has 1 aliphatic rings. The average Bonchev–Trinajstić information content (AvgIpc) is 2.89. The fourth-order valence-corrected chi connectivity index (χ4v) is 3.79. The second-order valence-corrected chi connectivity index (χ2v) is 7.78. The van der Waals surface area contributed by atoms with Crippen molar-refractivity contribution in [1.82, 2.24) is 5.32 Å². The number of carbonyl (C=O) groups excluding carboxylic acids is 1. The van der Waals surface area contributed by atoms with E-state index in [0.29, 0.717) is 6.54 Å². The molecule has 152 valence electrons. The number of fused-ring (bicyclic) bond motifs is 1. The van der Waals surface area contributed by atoms with Crippen LogP contribution in [0.4, 0.5) is 5.69 Å². The number of para-hydroxylation sites is 1. The highest BCUT2D eigenvalue weighted by Gasteiger charge is 2.29. The standard InChI is InChI=1S/C25H24ClN3O/c1-29-22-12-6-5-11-21(22)23(19-9-3-2-4-10-19)28-24(25(29)30)27-17-7-8-18-13-15-20(26)16-14-18/h2-6,9-16,24,27H,7-8,17H2,1H3. The van der Waals surface area contributed by atoms with E-state index in [2.05, 4.69) is 5.32 Å². The Hall–Kier alpha value is -2.95. The van der Waals surface area contributed by atoms with Gasteiger partial charge in [0.15, 0.2) is 6.17 Å². The van der Waals surface area contributed by atoms with Crippen LogP contribution in [0.25, 0.3) is 0 Å². The molecule has 0 fully saturated rings. The third-order valence-corrected chi connectivity index (χ3v) is 5.54. The molecule has 0 saturated heterocycles. The normalized spacial score (nSPS) is 16.1. The highest BCUT2D eigenvalue weighted by atomic mass is 35.5. The van der Waals surface area contributed by atoms with Gasteiger partial charge in [-0.25, -0.2) is 0 Å². The maximum absolute atomic E-state index is 13.1. The van der Waals surface area contributed by atoms with Gasteiger partial charge in [0, 0.05) is 23.2 Å². The summed E-state index contributed by atoms with van der Waals surface area (Å²) in [5.41, 5.74) is 4.90. The Morgan fingerprint density at radius 1 is 0.967 bits per heavy atom. The molecule has 0 radical (unpaired) electrons. The molecule has 1 N–H and O–H groups in total. The lowest BCUT2D eigenvalue weighted by Crippen LogP contribution is -2.44. The van der Waals surface area contributed by atoms with E-state index in [1.165, 1.54) is 5.56 Å². The number of rotatable bonds is 6. The van der Waals surface area contributed by atoms with Gasteiger partial charge in [0.2, 0.25) is 0 Å². The first kappa shape index (κ1) is 20.3. The van der Waals surface area contributed by atoms with Gasteiger partial charge >= 0.3 is 0 Å². The first-order valence-corrected chi connectivity index (χ1v) is 10.5. The summed E-state index contributed by atoms with van der Waals surface area (Å²) in [6, 6.07) is 25.8. The molecule has 1 amide bonds. The third-order valence-electron chi connectivity index (χ3n) is 5.28. The fraction of sp³-hybridized carbons (Fsp3) is 0.200. The number of aliphatic imine (C=N–C) groups is 1. The molecule has 30 heavy (non-hydrogen) atoms. The Kier molecular flexibility index (Phi) is 6.26. The summed E-state index contributed by atoms with van der Waals surface area (Å²) in [5.74, 6) is -0.0557. The number of amides is 1. The number of hydrogen-bond donors (Lipinski definition) is 1. The van der Waals surface area contributed by atoms with Crippen LogP contribution >= 0.6 is 11.6 Å². The molecule has 0 bridgehead atoms. The van der Waals surface area contributed by atoms with Crippen LogP contribution in [0.1, 0.15) is 23.1 Å². The third kappa shape index (κ3) is 4.45. The predicted molar refractivity (Wildman–Crippen MR) is 123 cm³/mol. The summed E-state index contributed by atoms with van der Waals surface area (Å²) in [6.07, 6.45) is 1.19. The van der Waals surface area contributed by atoms with E-state index >= 15 is 0 Å². The van der Waals surface area contributed by atoms with Gasteiger partial charge in [-0.15, -0.1) is 0 Å². The number of anilines is 1. The van der Waals surface area contributed by atoms with E-state index < -0.39 is 6.17 Å². The molecule has 1 atom stereocenters. The highest BCUT2D eigenvalue weighted by Crippen LogP contribution is 2.27. The van der Waals surface area contributed by atoms with Crippen molar-refractivity contribution in [3.63, 3.8) is 0 Å². The van der Waals surface area contributed by atoms with Crippen LogP contribution in [0.5, 0.6) is 0 Å². The van der Waals surface area contributed by atoms with E-state index in [4.69, 9.17) is 16.6 Å². The average molecular weight is 418 g/mol. The van der Waals surface area contributed by atoms with Crippen LogP contribution in [0, 0.1) is 0 Å². The minimum absolute atomic E-state index is 0.0557. The van der Waals surface area contributed by atoms with Crippen LogP contribution in [0.15, 0.2) is 83.9 Å². The molecule has 4 nitrogen and oxygen atoms in total. The van der Waals surface area contributed by atoms with Crippen molar-refractivity contribution in [2.45, 2.75) is 19.0 Å². The molecule has 0 saturated carbocycles. The Labute approximate surface area is 182 Å². The molecular weight excluding hydrogens is 394 g/mol. The van der Waals surface area contributed by atoms with Crippen LogP contribution in [-0.2, 0) is 11.2 Å². The topological polar surface area (TPSA) is 44.7 Å². The molecule has 5 heteroatoms. The Bertz CT molecular complexity index is 1050. The molecule has 3 aromatic rings. The van der Waals surface area contributed by atoms with Gasteiger partial charge in [0.25, 0.3) is 5.91 Å². The summed E-state index contributed by atoms with van der Waals surface area (Å²) < 4.78 is 0. The van der Waals surface area contributed by atoms with Crippen LogP contribution in [-0.4, -0.2) is 31.4 Å². The Balaban J connectivity index is 1.55. The van der Waals surface area contributed by atoms with E-state index in [1.807, 2.05) is 85.9 Å². The number of nitrogens with zero attached hydrogens (tertiary/aromatic N) is 2. The maximum Gasteiger partial charge on any atom is 0.266 e. The summed E-state index contributed by atoms with van der Waals surface area (Å²) in [6.45, 7) is 0.689. The first-order chi connectivity index (χ1) is 14.6. The zero-order valence-electron chi connectivity index (χ0n) is 16.9. The van der Waals surface area contributed by atoms with Crippen LogP contribution in [0.2, 0.25) is 5.02 Å². The summed E-state index contributed by atoms with van der Waals surface area (Å²) >= 11 is 5.95. The quantitative estimate of drug-likeness (QED) is 0.591. The fourth-order valence-electron chi connectivity index (χ4n) is 3.66. The summed E-state index contributed by atoms with van der Waals surface area (Å²) in [4.78, 5) is 19.7. The van der Waals surface area contributed by atoms with E-state index in [1.54, 1.807) is 4.90 Å². The minimum atomic E-state index is -0.622. The monoisotopic (exact) mass is 417 g/mol. The number of aryl methyl sites for hydroxylation is 1. The molecule has 1 aliphatic heterocycles. The number of benzodiazepines with no additional fused rings is 1. The van der Waals surface area contributed by atoms with Gasteiger partial charge in [0.1, 0.15) is 0 Å². The lowest BCUT2D eigenvalue weighted by atomic mass is 10.0. The number of hydrogen-bond acceptors (Lipinski definition) is 3. The molecule has 0 aliphatic carbocycles. The van der Waals surface area contributed by atoms with Crippen molar-refractivity contribution in [1.29, 1.82) is 0 Å². The van der Waals surface area contributed by atoms with E-state index in [-0.39, 0.29) is 5.91 Å². The predicted octanol–water partition coefficient (Wildman–Crippen LogP) is 4.70. The Morgan fingerprint density at radius 2 is 1.67 bits per heavy atom. The SMILES string of the molecule is CN1C(=O)C(NCCCc2ccc(Cl)cc2)N=C(c2ccccc2)c2ccccc21. The van der Waals surface area contributed by atoms with Gasteiger partial charge < -0.3 is 4.90 Å². The van der Waals surface area contributed by atoms with Gasteiger partial charge in [-0.1, -0.05) is 72.3 Å². The van der Waals surface area contributed by atoms with Crippen molar-refractivity contribution < 1.29 is 4.79 Å². The first-order valence-electron chi connectivity index (χ1n) is 10.1. The zero-order chi connectivity index (χ0) is 20.9. The second-order valence-electron chi connectivity index (χ2n) is 7.34. The lowest BCUT2D eigenvalue weighted by molar-refractivity contribution is -0.120. The number of likely N-dealkylation sites (N-methyl/N-ethyl adjacent to an activating group) is 1. The highest BCUT2D eigenvalue weighted by molar-refractivity contribution is 6.30. The molecule has 0 spiro atoms. The van der Waals surface area contributed by atoms with E-state index in [0.717, 1.165) is 40.4 Å². The maximum atomic E-state index is 13.1. The van der Waals surface area contributed by atoms with Gasteiger partial charge in [-0.3, -0.25) is 15.1 Å².